The zero-order chi connectivity index (χ0) is 15.1. The first-order chi connectivity index (χ1) is 10.2. The van der Waals surface area contributed by atoms with Crippen LogP contribution in [-0.4, -0.2) is 13.7 Å². The van der Waals surface area contributed by atoms with Gasteiger partial charge in [-0.15, -0.1) is 0 Å². The van der Waals surface area contributed by atoms with Crippen molar-refractivity contribution in [3.05, 3.63) is 52.5 Å². The minimum absolute atomic E-state index is 0.0389. The first-order valence-corrected chi connectivity index (χ1v) is 7.19. The third-order valence-corrected chi connectivity index (χ3v) is 3.39. The number of rotatable bonds is 6. The lowest BCUT2D eigenvalue weighted by Crippen LogP contribution is -2.04. The zero-order valence-electron chi connectivity index (χ0n) is 11.6. The third kappa shape index (κ3) is 4.14. The van der Waals surface area contributed by atoms with Gasteiger partial charge in [-0.3, -0.25) is 0 Å². The number of halogens is 1. The van der Waals surface area contributed by atoms with Crippen LogP contribution >= 0.6 is 15.9 Å². The van der Waals surface area contributed by atoms with E-state index in [2.05, 4.69) is 21.2 Å². The number of anilines is 1. The smallest absolute Gasteiger partial charge is 0.174 e. The maximum atomic E-state index is 8.61. The molecule has 1 N–H and O–H groups in total. The second-order valence-corrected chi connectivity index (χ2v) is 5.17. The molecule has 2 rings (SSSR count). The van der Waals surface area contributed by atoms with Crippen molar-refractivity contribution in [3.8, 4) is 17.6 Å². The van der Waals surface area contributed by atoms with Crippen molar-refractivity contribution in [2.24, 2.45) is 0 Å². The van der Waals surface area contributed by atoms with Crippen LogP contribution in [0.4, 0.5) is 5.69 Å². The summed E-state index contributed by atoms with van der Waals surface area (Å²) in [5.74, 6) is 1.48. The first-order valence-electron chi connectivity index (χ1n) is 6.39. The number of para-hydroxylation sites is 1. The van der Waals surface area contributed by atoms with E-state index < -0.39 is 0 Å². The van der Waals surface area contributed by atoms with Crippen LogP contribution in [0.15, 0.2) is 46.9 Å². The Morgan fingerprint density at radius 3 is 2.76 bits per heavy atom. The average Bonchev–Trinajstić information content (AvgIpc) is 2.52. The van der Waals surface area contributed by atoms with Gasteiger partial charge in [-0.2, -0.15) is 5.26 Å². The summed E-state index contributed by atoms with van der Waals surface area (Å²) in [7, 11) is 1.64. The standard InChI is InChI=1S/C16H15BrN2O2/c1-20-16-7-6-13(17)10-14(16)19-11-12-4-2-3-5-15(12)21-9-8-18/h2-7,10,19H,9,11H2,1H3. The molecule has 0 amide bonds. The highest BCUT2D eigenvalue weighted by Crippen LogP contribution is 2.29. The molecule has 0 spiro atoms. The molecule has 0 saturated heterocycles. The van der Waals surface area contributed by atoms with Crippen molar-refractivity contribution in [2.45, 2.75) is 6.54 Å². The van der Waals surface area contributed by atoms with Crippen LogP contribution in [0.5, 0.6) is 11.5 Å². The molecule has 108 valence electrons. The fourth-order valence-electron chi connectivity index (χ4n) is 1.91. The molecule has 0 aliphatic heterocycles. The molecule has 0 saturated carbocycles. The Labute approximate surface area is 132 Å². The topological polar surface area (TPSA) is 54.3 Å². The molecular weight excluding hydrogens is 332 g/mol. The molecule has 0 aliphatic carbocycles. The van der Waals surface area contributed by atoms with Crippen molar-refractivity contribution < 1.29 is 9.47 Å². The molecule has 21 heavy (non-hydrogen) atoms. The van der Waals surface area contributed by atoms with E-state index >= 15 is 0 Å². The van der Waals surface area contributed by atoms with Crippen LogP contribution in [-0.2, 0) is 6.54 Å². The Morgan fingerprint density at radius 1 is 1.19 bits per heavy atom. The van der Waals surface area contributed by atoms with E-state index in [-0.39, 0.29) is 6.61 Å². The predicted molar refractivity (Wildman–Crippen MR) is 85.6 cm³/mol. The fourth-order valence-corrected chi connectivity index (χ4v) is 2.27. The van der Waals surface area contributed by atoms with Crippen molar-refractivity contribution in [3.63, 3.8) is 0 Å². The predicted octanol–water partition coefficient (Wildman–Crippen LogP) is 3.97. The maximum Gasteiger partial charge on any atom is 0.174 e. The number of nitriles is 1. The lowest BCUT2D eigenvalue weighted by Gasteiger charge is -2.13. The molecule has 0 bridgehead atoms. The number of nitrogens with zero attached hydrogens (tertiary/aromatic N) is 1. The molecule has 0 heterocycles. The van der Waals surface area contributed by atoms with Gasteiger partial charge in [0.2, 0.25) is 0 Å². The monoisotopic (exact) mass is 346 g/mol. The summed E-state index contributed by atoms with van der Waals surface area (Å²) in [5, 5.41) is 11.9. The second-order valence-electron chi connectivity index (χ2n) is 4.25. The Morgan fingerprint density at radius 2 is 2.00 bits per heavy atom. The fraction of sp³-hybridized carbons (Fsp3) is 0.188. The molecule has 0 atom stereocenters. The first kappa shape index (κ1) is 15.2. The quantitative estimate of drug-likeness (QED) is 0.859. The maximum absolute atomic E-state index is 8.61. The Bertz CT molecular complexity index is 653. The van der Waals surface area contributed by atoms with Gasteiger partial charge in [0.15, 0.2) is 6.61 Å². The molecule has 0 unspecified atom stereocenters. The van der Waals surface area contributed by atoms with E-state index in [0.717, 1.165) is 21.5 Å². The van der Waals surface area contributed by atoms with Crippen molar-refractivity contribution >= 4 is 21.6 Å². The normalized spacial score (nSPS) is 9.76. The highest BCUT2D eigenvalue weighted by molar-refractivity contribution is 9.10. The molecule has 0 radical (unpaired) electrons. The van der Waals surface area contributed by atoms with Crippen molar-refractivity contribution in [1.29, 1.82) is 5.26 Å². The minimum Gasteiger partial charge on any atom is -0.495 e. The van der Waals surface area contributed by atoms with Gasteiger partial charge in [-0.25, -0.2) is 0 Å². The van der Waals surface area contributed by atoms with Gasteiger partial charge in [-0.05, 0) is 24.3 Å². The van der Waals surface area contributed by atoms with Crippen LogP contribution in [0.3, 0.4) is 0 Å². The molecule has 0 aromatic heterocycles. The minimum atomic E-state index is 0.0389. The van der Waals surface area contributed by atoms with Gasteiger partial charge in [0, 0.05) is 16.6 Å². The third-order valence-electron chi connectivity index (χ3n) is 2.90. The molecular formula is C16H15BrN2O2. The van der Waals surface area contributed by atoms with Crippen molar-refractivity contribution in [1.82, 2.24) is 0 Å². The Balaban J connectivity index is 2.13. The van der Waals surface area contributed by atoms with E-state index in [9.17, 15) is 0 Å². The van der Waals surface area contributed by atoms with E-state index in [1.807, 2.05) is 48.5 Å². The van der Waals surface area contributed by atoms with Crippen LogP contribution in [0.2, 0.25) is 0 Å². The van der Waals surface area contributed by atoms with Gasteiger partial charge >= 0.3 is 0 Å². The summed E-state index contributed by atoms with van der Waals surface area (Å²) in [6.45, 7) is 0.617. The van der Waals surface area contributed by atoms with Crippen molar-refractivity contribution in [2.75, 3.05) is 19.0 Å². The zero-order valence-corrected chi connectivity index (χ0v) is 13.2. The second kappa shape index (κ2) is 7.55. The summed E-state index contributed by atoms with van der Waals surface area (Å²) in [5.41, 5.74) is 1.87. The highest BCUT2D eigenvalue weighted by Gasteiger charge is 2.06. The highest BCUT2D eigenvalue weighted by atomic mass is 79.9. The van der Waals surface area contributed by atoms with Gasteiger partial charge < -0.3 is 14.8 Å². The average molecular weight is 347 g/mol. The summed E-state index contributed by atoms with van der Waals surface area (Å²) < 4.78 is 11.7. The van der Waals surface area contributed by atoms with Crippen LogP contribution in [0, 0.1) is 11.3 Å². The largest absolute Gasteiger partial charge is 0.495 e. The van der Waals surface area contributed by atoms with E-state index in [1.54, 1.807) is 7.11 Å². The lowest BCUT2D eigenvalue weighted by molar-refractivity contribution is 0.364. The number of methoxy groups -OCH3 is 1. The molecule has 0 aliphatic rings. The molecule has 4 nitrogen and oxygen atoms in total. The van der Waals surface area contributed by atoms with E-state index in [0.29, 0.717) is 12.3 Å². The van der Waals surface area contributed by atoms with E-state index in [1.165, 1.54) is 0 Å². The molecule has 5 heteroatoms. The number of ether oxygens (including phenoxy) is 2. The summed E-state index contributed by atoms with van der Waals surface area (Å²) in [4.78, 5) is 0. The number of benzene rings is 2. The van der Waals surface area contributed by atoms with Gasteiger partial charge in [-0.1, -0.05) is 34.1 Å². The van der Waals surface area contributed by atoms with Crippen LogP contribution in [0.25, 0.3) is 0 Å². The number of nitrogens with one attached hydrogen (secondary N) is 1. The van der Waals surface area contributed by atoms with Gasteiger partial charge in [0.1, 0.15) is 17.6 Å². The molecule has 2 aromatic carbocycles. The van der Waals surface area contributed by atoms with Gasteiger partial charge in [0.05, 0.1) is 12.8 Å². The van der Waals surface area contributed by atoms with E-state index in [4.69, 9.17) is 14.7 Å². The number of hydrogen-bond donors (Lipinski definition) is 1. The summed E-state index contributed by atoms with van der Waals surface area (Å²) >= 11 is 3.44. The molecule has 2 aromatic rings. The summed E-state index contributed by atoms with van der Waals surface area (Å²) in [6.07, 6.45) is 0. The Kier molecular flexibility index (Phi) is 5.47. The lowest BCUT2D eigenvalue weighted by atomic mass is 10.2. The van der Waals surface area contributed by atoms with Gasteiger partial charge in [0.25, 0.3) is 0 Å². The Hall–Kier alpha value is -2.19. The molecule has 0 fully saturated rings. The SMILES string of the molecule is COc1ccc(Br)cc1NCc1ccccc1OCC#N. The number of hydrogen-bond acceptors (Lipinski definition) is 4. The van der Waals surface area contributed by atoms with Crippen LogP contribution < -0.4 is 14.8 Å². The van der Waals surface area contributed by atoms with Crippen LogP contribution in [0.1, 0.15) is 5.56 Å². The summed E-state index contributed by atoms with van der Waals surface area (Å²) in [6, 6.07) is 15.4.